The average Bonchev–Trinajstić information content (AvgIpc) is 2.28. The highest BCUT2D eigenvalue weighted by Gasteiger charge is 2.41. The summed E-state index contributed by atoms with van der Waals surface area (Å²) in [6.07, 6.45) is 2.39. The number of carbonyl (C=O) groups is 2. The largest absolute Gasteiger partial charge is 0.453 e. The van der Waals surface area contributed by atoms with Crippen LogP contribution >= 0.6 is 0 Å². The van der Waals surface area contributed by atoms with E-state index in [0.29, 0.717) is 6.54 Å². The summed E-state index contributed by atoms with van der Waals surface area (Å²) in [6.45, 7) is 1.81. The van der Waals surface area contributed by atoms with Gasteiger partial charge >= 0.3 is 6.09 Å². The summed E-state index contributed by atoms with van der Waals surface area (Å²) in [6, 6.07) is 0. The van der Waals surface area contributed by atoms with Crippen LogP contribution in [0.25, 0.3) is 0 Å². The molecule has 2 unspecified atom stereocenters. The van der Waals surface area contributed by atoms with Gasteiger partial charge in [0.2, 0.25) is 5.91 Å². The molecule has 6 heteroatoms. The van der Waals surface area contributed by atoms with E-state index in [1.165, 1.54) is 24.0 Å². The van der Waals surface area contributed by atoms with E-state index < -0.39 is 12.3 Å². The van der Waals surface area contributed by atoms with Gasteiger partial charge in [0.25, 0.3) is 0 Å². The average molecular weight is 212 g/mol. The van der Waals surface area contributed by atoms with Crippen molar-refractivity contribution in [1.82, 2.24) is 9.96 Å². The van der Waals surface area contributed by atoms with Gasteiger partial charge in [-0.25, -0.2) is 4.79 Å². The highest BCUT2D eigenvalue weighted by atomic mass is 16.7. The second-order valence-electron chi connectivity index (χ2n) is 3.41. The number of amides is 2. The van der Waals surface area contributed by atoms with Crippen LogP contribution in [0.5, 0.6) is 0 Å². The Morgan fingerprint density at radius 3 is 2.73 bits per heavy atom. The van der Waals surface area contributed by atoms with Gasteiger partial charge in [-0.3, -0.25) is 14.5 Å². The molecule has 0 radical (unpaired) electrons. The van der Waals surface area contributed by atoms with E-state index in [9.17, 15) is 9.59 Å². The second kappa shape index (κ2) is 3.54. The van der Waals surface area contributed by atoms with E-state index in [2.05, 4.69) is 4.74 Å². The van der Waals surface area contributed by atoms with Gasteiger partial charge in [-0.05, 0) is 6.08 Å². The Kier molecular flexibility index (Phi) is 2.36. The normalized spacial score (nSPS) is 28.1. The molecule has 3 aliphatic rings. The minimum atomic E-state index is -0.486. The predicted molar refractivity (Wildman–Crippen MR) is 49.4 cm³/mol. The van der Waals surface area contributed by atoms with Crippen LogP contribution in [0.4, 0.5) is 4.79 Å². The zero-order valence-electron chi connectivity index (χ0n) is 8.54. The number of carbonyl (C=O) groups excluding carboxylic acids is 2. The topological polar surface area (TPSA) is 59.1 Å². The number of methoxy groups -OCH3 is 1. The molecule has 3 aliphatic heterocycles. The first kappa shape index (κ1) is 9.97. The van der Waals surface area contributed by atoms with Crippen molar-refractivity contribution in [1.29, 1.82) is 0 Å². The van der Waals surface area contributed by atoms with E-state index in [0.717, 1.165) is 0 Å². The Morgan fingerprint density at radius 1 is 1.47 bits per heavy atom. The monoisotopic (exact) mass is 212 g/mol. The minimum absolute atomic E-state index is 0.233. The van der Waals surface area contributed by atoms with Gasteiger partial charge in [-0.1, -0.05) is 6.08 Å². The SMILES string of the molecule is COC(=O)N1CC2C=CC1N(C(C)=O)O2. The van der Waals surface area contributed by atoms with Gasteiger partial charge in [0.1, 0.15) is 6.10 Å². The lowest BCUT2D eigenvalue weighted by Gasteiger charge is -2.45. The Morgan fingerprint density at radius 2 is 2.20 bits per heavy atom. The Bertz CT molecular complexity index is 328. The van der Waals surface area contributed by atoms with Gasteiger partial charge in [0.15, 0.2) is 6.17 Å². The molecule has 15 heavy (non-hydrogen) atoms. The number of hydroxylamine groups is 2. The van der Waals surface area contributed by atoms with Crippen LogP contribution in [0.15, 0.2) is 12.2 Å². The van der Waals surface area contributed by atoms with Gasteiger partial charge in [-0.2, -0.15) is 5.06 Å². The molecule has 2 bridgehead atoms. The predicted octanol–water partition coefficient (Wildman–Crippen LogP) is 0.113. The molecule has 6 nitrogen and oxygen atoms in total. The number of nitrogens with zero attached hydrogens (tertiary/aromatic N) is 2. The van der Waals surface area contributed by atoms with E-state index in [-0.39, 0.29) is 12.0 Å². The van der Waals surface area contributed by atoms with Crippen LogP contribution in [-0.4, -0.2) is 47.9 Å². The molecule has 2 amide bonds. The fourth-order valence-electron chi connectivity index (χ4n) is 1.73. The van der Waals surface area contributed by atoms with E-state index >= 15 is 0 Å². The Labute approximate surface area is 87.0 Å². The summed E-state index contributed by atoms with van der Waals surface area (Å²) >= 11 is 0. The molecule has 3 heterocycles. The van der Waals surface area contributed by atoms with Crippen LogP contribution in [0.2, 0.25) is 0 Å². The number of hydrogen-bond acceptors (Lipinski definition) is 4. The molecule has 0 saturated carbocycles. The van der Waals surface area contributed by atoms with Crippen molar-refractivity contribution >= 4 is 12.0 Å². The highest BCUT2D eigenvalue weighted by molar-refractivity contribution is 5.75. The first-order valence-electron chi connectivity index (χ1n) is 4.63. The van der Waals surface area contributed by atoms with Gasteiger partial charge in [0, 0.05) is 6.92 Å². The van der Waals surface area contributed by atoms with Crippen molar-refractivity contribution in [3.8, 4) is 0 Å². The van der Waals surface area contributed by atoms with E-state index in [1.54, 1.807) is 6.08 Å². The second-order valence-corrected chi connectivity index (χ2v) is 3.41. The summed E-state index contributed by atoms with van der Waals surface area (Å²) in [7, 11) is 1.31. The molecule has 3 rings (SSSR count). The fourth-order valence-corrected chi connectivity index (χ4v) is 1.73. The van der Waals surface area contributed by atoms with Crippen LogP contribution in [0, 0.1) is 0 Å². The van der Waals surface area contributed by atoms with E-state index in [4.69, 9.17) is 4.84 Å². The molecule has 0 N–H and O–H groups in total. The van der Waals surface area contributed by atoms with Crippen LogP contribution in [0.1, 0.15) is 6.92 Å². The highest BCUT2D eigenvalue weighted by Crippen LogP contribution is 2.25. The van der Waals surface area contributed by atoms with Crippen molar-refractivity contribution in [2.45, 2.75) is 19.2 Å². The van der Waals surface area contributed by atoms with Gasteiger partial charge < -0.3 is 4.74 Å². The molecule has 0 spiro atoms. The molecule has 1 saturated heterocycles. The standard InChI is InChI=1S/C9H12N2O4/c1-6(12)11-8-4-3-7(15-11)5-10(8)9(13)14-2/h3-4,7-8H,5H2,1-2H3. The molecular formula is C9H12N2O4. The molecule has 82 valence electrons. The third kappa shape index (κ3) is 1.56. The van der Waals surface area contributed by atoms with Crippen LogP contribution < -0.4 is 0 Å². The third-order valence-electron chi connectivity index (χ3n) is 2.40. The van der Waals surface area contributed by atoms with Crippen molar-refractivity contribution in [2.75, 3.05) is 13.7 Å². The van der Waals surface area contributed by atoms with E-state index in [1.807, 2.05) is 6.08 Å². The third-order valence-corrected chi connectivity index (χ3v) is 2.40. The molecule has 2 atom stereocenters. The van der Waals surface area contributed by atoms with Crippen molar-refractivity contribution < 1.29 is 19.2 Å². The number of hydrogen-bond donors (Lipinski definition) is 0. The summed E-state index contributed by atoms with van der Waals surface area (Å²) < 4.78 is 4.63. The van der Waals surface area contributed by atoms with Crippen molar-refractivity contribution in [3.63, 3.8) is 0 Å². The summed E-state index contributed by atoms with van der Waals surface area (Å²) in [5.74, 6) is -0.233. The zero-order valence-corrected chi connectivity index (χ0v) is 8.54. The lowest BCUT2D eigenvalue weighted by molar-refractivity contribution is -0.253. The number of fused-ring (bicyclic) bond motifs is 2. The maximum atomic E-state index is 11.4. The summed E-state index contributed by atoms with van der Waals surface area (Å²) in [5.41, 5.74) is 0. The number of ether oxygens (including phenoxy) is 1. The molecular weight excluding hydrogens is 200 g/mol. The molecule has 0 aromatic carbocycles. The van der Waals surface area contributed by atoms with Crippen molar-refractivity contribution in [2.24, 2.45) is 0 Å². The first-order valence-corrected chi connectivity index (χ1v) is 4.63. The summed E-state index contributed by atoms with van der Waals surface area (Å²) in [5, 5.41) is 1.19. The molecule has 1 fully saturated rings. The minimum Gasteiger partial charge on any atom is -0.453 e. The molecule has 0 aromatic heterocycles. The summed E-state index contributed by atoms with van der Waals surface area (Å²) in [4.78, 5) is 29.4. The van der Waals surface area contributed by atoms with Gasteiger partial charge in [-0.15, -0.1) is 0 Å². The van der Waals surface area contributed by atoms with Crippen LogP contribution in [-0.2, 0) is 14.4 Å². The Balaban J connectivity index is 2.21. The van der Waals surface area contributed by atoms with Crippen LogP contribution in [0.3, 0.4) is 0 Å². The quantitative estimate of drug-likeness (QED) is 0.535. The molecule has 0 aliphatic carbocycles. The lowest BCUT2D eigenvalue weighted by Crippen LogP contribution is -2.62. The van der Waals surface area contributed by atoms with Crippen molar-refractivity contribution in [3.05, 3.63) is 12.2 Å². The lowest BCUT2D eigenvalue weighted by atomic mass is 10.1. The smallest absolute Gasteiger partial charge is 0.411 e. The zero-order chi connectivity index (χ0) is 11.0. The maximum Gasteiger partial charge on any atom is 0.411 e. The van der Waals surface area contributed by atoms with Gasteiger partial charge in [0.05, 0.1) is 13.7 Å². The fraction of sp³-hybridized carbons (Fsp3) is 0.556. The Hall–Kier alpha value is -1.56. The molecule has 0 aromatic rings. The number of rotatable bonds is 0. The first-order chi connectivity index (χ1) is 7.13. The maximum absolute atomic E-state index is 11.4.